The fraction of sp³-hybridized carbons (Fsp3) is 0.296. The third kappa shape index (κ3) is 4.05. The standard InChI is InChI=1S/C27H28N4O4/c1-15-5-8-17(9-6-15)29-26(34)18-14-28-31-24(16-7-10-20(32)22(11-16)35-4)23-19(30-25(18)31)12-27(2,3)13-21(23)33/h5-11,14,24,30,32H,12-13H2,1-4H3,(H,29,34)/t24-/m0/s1. The number of rotatable bonds is 4. The minimum absolute atomic E-state index is 0.00865. The number of methoxy groups -OCH3 is 1. The van der Waals surface area contributed by atoms with E-state index < -0.39 is 6.04 Å². The lowest BCUT2D eigenvalue weighted by molar-refractivity contribution is -0.118. The molecule has 0 unspecified atom stereocenters. The summed E-state index contributed by atoms with van der Waals surface area (Å²) in [5.41, 5.74) is 4.10. The highest BCUT2D eigenvalue weighted by Crippen LogP contribution is 2.47. The number of ether oxygens (including phenoxy) is 1. The lowest BCUT2D eigenvalue weighted by Gasteiger charge is -2.39. The monoisotopic (exact) mass is 472 g/mol. The van der Waals surface area contributed by atoms with Gasteiger partial charge in [-0.15, -0.1) is 0 Å². The summed E-state index contributed by atoms with van der Waals surface area (Å²) in [5, 5.41) is 21.0. The van der Waals surface area contributed by atoms with Gasteiger partial charge in [-0.3, -0.25) is 9.59 Å². The van der Waals surface area contributed by atoms with E-state index in [1.807, 2.05) is 31.2 Å². The van der Waals surface area contributed by atoms with E-state index in [0.29, 0.717) is 41.2 Å². The molecule has 8 heteroatoms. The number of aryl methyl sites for hydroxylation is 1. The van der Waals surface area contributed by atoms with E-state index >= 15 is 0 Å². The number of nitrogens with zero attached hydrogens (tertiary/aromatic N) is 2. The zero-order valence-electron chi connectivity index (χ0n) is 20.2. The number of nitrogens with one attached hydrogen (secondary N) is 2. The van der Waals surface area contributed by atoms with Crippen molar-refractivity contribution in [2.24, 2.45) is 5.41 Å². The quantitative estimate of drug-likeness (QED) is 0.503. The van der Waals surface area contributed by atoms with Crippen molar-refractivity contribution in [2.45, 2.75) is 39.7 Å². The molecule has 0 saturated heterocycles. The van der Waals surface area contributed by atoms with Crippen LogP contribution in [-0.4, -0.2) is 33.7 Å². The molecule has 5 rings (SSSR count). The minimum Gasteiger partial charge on any atom is -0.504 e. The number of carbonyl (C=O) groups excluding carboxylic acids is 2. The predicted molar refractivity (Wildman–Crippen MR) is 133 cm³/mol. The largest absolute Gasteiger partial charge is 0.504 e. The average Bonchev–Trinajstić information content (AvgIpc) is 3.22. The van der Waals surface area contributed by atoms with Crippen molar-refractivity contribution in [3.05, 3.63) is 76.6 Å². The zero-order valence-corrected chi connectivity index (χ0v) is 20.2. The molecule has 2 aliphatic rings. The molecule has 1 atom stereocenters. The van der Waals surface area contributed by atoms with Crippen LogP contribution in [0.1, 0.15) is 54.2 Å². The van der Waals surface area contributed by atoms with Crippen molar-refractivity contribution >= 4 is 23.2 Å². The first-order valence-corrected chi connectivity index (χ1v) is 11.5. The fourth-order valence-electron chi connectivity index (χ4n) is 4.88. The second-order valence-electron chi connectivity index (χ2n) is 9.96. The van der Waals surface area contributed by atoms with Gasteiger partial charge < -0.3 is 20.5 Å². The van der Waals surface area contributed by atoms with Gasteiger partial charge in [-0.2, -0.15) is 5.10 Å². The van der Waals surface area contributed by atoms with Gasteiger partial charge in [0.2, 0.25) is 0 Å². The maximum absolute atomic E-state index is 13.4. The highest BCUT2D eigenvalue weighted by molar-refractivity contribution is 6.08. The molecule has 1 amide bonds. The van der Waals surface area contributed by atoms with Gasteiger partial charge in [0.1, 0.15) is 17.4 Å². The first kappa shape index (κ1) is 22.7. The van der Waals surface area contributed by atoms with Gasteiger partial charge in [0.25, 0.3) is 5.91 Å². The third-order valence-corrected chi connectivity index (χ3v) is 6.58. The third-order valence-electron chi connectivity index (χ3n) is 6.58. The van der Waals surface area contributed by atoms with Crippen LogP contribution in [0.25, 0.3) is 0 Å². The molecule has 0 bridgehead atoms. The summed E-state index contributed by atoms with van der Waals surface area (Å²) in [6.45, 7) is 6.11. The van der Waals surface area contributed by atoms with Gasteiger partial charge in [-0.25, -0.2) is 4.68 Å². The van der Waals surface area contributed by atoms with E-state index in [1.54, 1.807) is 22.9 Å². The summed E-state index contributed by atoms with van der Waals surface area (Å²) in [4.78, 5) is 26.6. The molecule has 3 N–H and O–H groups in total. The van der Waals surface area contributed by atoms with Crippen molar-refractivity contribution in [2.75, 3.05) is 17.7 Å². The maximum Gasteiger partial charge on any atom is 0.261 e. The second-order valence-corrected chi connectivity index (χ2v) is 9.96. The van der Waals surface area contributed by atoms with Crippen LogP contribution >= 0.6 is 0 Å². The molecule has 35 heavy (non-hydrogen) atoms. The Hall–Kier alpha value is -4.07. The summed E-state index contributed by atoms with van der Waals surface area (Å²) in [7, 11) is 1.48. The molecule has 1 aliphatic carbocycles. The van der Waals surface area contributed by atoms with E-state index in [4.69, 9.17) is 4.74 Å². The number of amides is 1. The first-order chi connectivity index (χ1) is 16.7. The normalized spacial score (nSPS) is 18.4. The first-order valence-electron chi connectivity index (χ1n) is 11.5. The zero-order chi connectivity index (χ0) is 24.9. The molecule has 1 aromatic heterocycles. The highest BCUT2D eigenvalue weighted by atomic mass is 16.5. The maximum atomic E-state index is 13.4. The molecular formula is C27H28N4O4. The van der Waals surface area contributed by atoms with Gasteiger partial charge in [0.05, 0.1) is 13.3 Å². The Morgan fingerprint density at radius 3 is 2.66 bits per heavy atom. The van der Waals surface area contributed by atoms with E-state index in [1.165, 1.54) is 13.3 Å². The van der Waals surface area contributed by atoms with Crippen molar-refractivity contribution in [1.82, 2.24) is 9.78 Å². The van der Waals surface area contributed by atoms with Crippen molar-refractivity contribution in [3.8, 4) is 11.5 Å². The smallest absolute Gasteiger partial charge is 0.261 e. The van der Waals surface area contributed by atoms with E-state index in [2.05, 4.69) is 29.6 Å². The van der Waals surface area contributed by atoms with Crippen LogP contribution in [0, 0.1) is 12.3 Å². The Morgan fingerprint density at radius 2 is 1.94 bits per heavy atom. The van der Waals surface area contributed by atoms with Crippen molar-refractivity contribution in [3.63, 3.8) is 0 Å². The summed E-state index contributed by atoms with van der Waals surface area (Å²) < 4.78 is 6.99. The molecule has 8 nitrogen and oxygen atoms in total. The molecule has 2 aromatic carbocycles. The summed E-state index contributed by atoms with van der Waals surface area (Å²) >= 11 is 0. The number of hydrogen-bond acceptors (Lipinski definition) is 6. The Kier molecular flexibility index (Phi) is 5.39. The molecular weight excluding hydrogens is 444 g/mol. The molecule has 1 aliphatic heterocycles. The Morgan fingerprint density at radius 1 is 1.20 bits per heavy atom. The summed E-state index contributed by atoms with van der Waals surface area (Å²) in [6, 6.07) is 12.0. The fourth-order valence-corrected chi connectivity index (χ4v) is 4.88. The van der Waals surface area contributed by atoms with Gasteiger partial charge in [0, 0.05) is 23.4 Å². The van der Waals surface area contributed by atoms with E-state index in [9.17, 15) is 14.7 Å². The number of carbonyl (C=O) groups is 2. The Bertz CT molecular complexity index is 1370. The molecule has 0 fully saturated rings. The van der Waals surface area contributed by atoms with Crippen molar-refractivity contribution in [1.29, 1.82) is 0 Å². The lowest BCUT2D eigenvalue weighted by atomic mass is 9.73. The van der Waals surface area contributed by atoms with E-state index in [-0.39, 0.29) is 22.9 Å². The number of anilines is 2. The van der Waals surface area contributed by atoms with Gasteiger partial charge in [-0.05, 0) is 48.6 Å². The molecule has 2 heterocycles. The SMILES string of the molecule is COc1cc([C@H]2C3=C(CC(C)(C)CC3=O)Nc3c(C(=O)Nc4ccc(C)cc4)cnn32)ccc1O. The van der Waals surface area contributed by atoms with Gasteiger partial charge >= 0.3 is 0 Å². The number of Topliss-reactive ketones (excluding diaryl/α,β-unsaturated/α-hetero) is 1. The number of allylic oxidation sites excluding steroid dienone is 2. The van der Waals surface area contributed by atoms with Crippen LogP contribution in [0.3, 0.4) is 0 Å². The summed E-state index contributed by atoms with van der Waals surface area (Å²) in [5.74, 6) is 0.575. The van der Waals surface area contributed by atoms with E-state index in [0.717, 1.165) is 16.8 Å². The average molecular weight is 473 g/mol. The number of hydrogen-bond donors (Lipinski definition) is 3. The van der Waals surface area contributed by atoms with Crippen LogP contribution in [0.15, 0.2) is 59.9 Å². The van der Waals surface area contributed by atoms with Crippen LogP contribution in [0.4, 0.5) is 11.5 Å². The van der Waals surface area contributed by atoms with Crippen molar-refractivity contribution < 1.29 is 19.4 Å². The molecule has 0 spiro atoms. The number of phenolic OH excluding ortho intramolecular Hbond substituents is 1. The lowest BCUT2D eigenvalue weighted by Crippen LogP contribution is -2.37. The number of aromatic hydroxyl groups is 1. The van der Waals surface area contributed by atoms with Crippen LogP contribution in [0.5, 0.6) is 11.5 Å². The summed E-state index contributed by atoms with van der Waals surface area (Å²) in [6.07, 6.45) is 2.59. The number of aromatic nitrogens is 2. The van der Waals surface area contributed by atoms with Crippen LogP contribution in [0.2, 0.25) is 0 Å². The molecule has 180 valence electrons. The van der Waals surface area contributed by atoms with Gasteiger partial charge in [-0.1, -0.05) is 37.6 Å². The Balaban J connectivity index is 1.61. The predicted octanol–water partition coefficient (Wildman–Crippen LogP) is 4.82. The second kappa shape index (κ2) is 8.30. The highest BCUT2D eigenvalue weighted by Gasteiger charge is 2.42. The molecule has 0 saturated carbocycles. The van der Waals surface area contributed by atoms with Crippen LogP contribution in [-0.2, 0) is 4.79 Å². The number of ketones is 1. The number of benzene rings is 2. The number of fused-ring (bicyclic) bond motifs is 1. The topological polar surface area (TPSA) is 105 Å². The minimum atomic E-state index is -0.555. The van der Waals surface area contributed by atoms with Crippen LogP contribution < -0.4 is 15.4 Å². The molecule has 0 radical (unpaired) electrons. The molecule has 3 aromatic rings. The van der Waals surface area contributed by atoms with Gasteiger partial charge in [0.15, 0.2) is 17.3 Å². The number of phenols is 1. The Labute approximate surface area is 203 Å².